The van der Waals surface area contributed by atoms with Crippen LogP contribution >= 0.6 is 0 Å². The summed E-state index contributed by atoms with van der Waals surface area (Å²) in [6.45, 7) is 1.82. The molecule has 9 nitrogen and oxygen atoms in total. The number of hydrazine groups is 1. The van der Waals surface area contributed by atoms with E-state index in [1.165, 1.54) is 20.3 Å². The quantitative estimate of drug-likeness (QED) is 0.423. The van der Waals surface area contributed by atoms with Crippen molar-refractivity contribution < 1.29 is 28.7 Å². The first kappa shape index (κ1) is 24.5. The van der Waals surface area contributed by atoms with E-state index in [0.29, 0.717) is 11.5 Å². The molecule has 9 heteroatoms. The molecule has 4 amide bonds. The molecule has 1 aliphatic rings. The van der Waals surface area contributed by atoms with Crippen molar-refractivity contribution in [2.24, 2.45) is 0 Å². The van der Waals surface area contributed by atoms with Gasteiger partial charge in [-0.1, -0.05) is 36.4 Å². The van der Waals surface area contributed by atoms with Gasteiger partial charge in [0.15, 0.2) is 0 Å². The third kappa shape index (κ3) is 4.63. The molecular weight excluding hydrogens is 462 g/mol. The first-order valence-corrected chi connectivity index (χ1v) is 11.2. The van der Waals surface area contributed by atoms with Crippen LogP contribution in [0.3, 0.4) is 0 Å². The van der Waals surface area contributed by atoms with Gasteiger partial charge >= 0.3 is 0 Å². The summed E-state index contributed by atoms with van der Waals surface area (Å²) in [6.07, 6.45) is -0.319. The first-order valence-electron chi connectivity index (χ1n) is 11.2. The van der Waals surface area contributed by atoms with Crippen LogP contribution in [0.2, 0.25) is 0 Å². The number of amides is 4. The highest BCUT2D eigenvalue weighted by molar-refractivity contribution is 6.24. The number of rotatable bonds is 6. The summed E-state index contributed by atoms with van der Waals surface area (Å²) in [5, 5.41) is 0.923. The van der Waals surface area contributed by atoms with Gasteiger partial charge in [0.1, 0.15) is 17.5 Å². The third-order valence-corrected chi connectivity index (χ3v) is 5.82. The summed E-state index contributed by atoms with van der Waals surface area (Å²) >= 11 is 0. The molecule has 1 N–H and O–H groups in total. The van der Waals surface area contributed by atoms with Gasteiger partial charge in [0.05, 0.1) is 31.9 Å². The highest BCUT2D eigenvalue weighted by atomic mass is 16.5. The summed E-state index contributed by atoms with van der Waals surface area (Å²) in [6, 6.07) is 18.5. The van der Waals surface area contributed by atoms with Gasteiger partial charge in [-0.05, 0) is 48.9 Å². The number of benzene rings is 3. The molecule has 0 aliphatic carbocycles. The molecule has 1 aliphatic heterocycles. The van der Waals surface area contributed by atoms with E-state index in [1.807, 2.05) is 6.92 Å². The van der Waals surface area contributed by atoms with Crippen molar-refractivity contribution in [3.63, 3.8) is 0 Å². The maximum atomic E-state index is 13.6. The molecule has 0 aromatic heterocycles. The van der Waals surface area contributed by atoms with E-state index in [-0.39, 0.29) is 23.2 Å². The van der Waals surface area contributed by atoms with Crippen molar-refractivity contribution in [1.29, 1.82) is 0 Å². The summed E-state index contributed by atoms with van der Waals surface area (Å²) < 4.78 is 10.6. The molecular formula is C27H25N3O6. The number of para-hydroxylation sites is 1. The molecule has 4 rings (SSSR count). The lowest BCUT2D eigenvalue weighted by molar-refractivity contribution is -0.122. The number of methoxy groups -OCH3 is 2. The third-order valence-electron chi connectivity index (χ3n) is 5.82. The molecule has 0 radical (unpaired) electrons. The fourth-order valence-electron chi connectivity index (χ4n) is 4.04. The predicted molar refractivity (Wildman–Crippen MR) is 132 cm³/mol. The number of anilines is 1. The van der Waals surface area contributed by atoms with Gasteiger partial charge in [0, 0.05) is 5.56 Å². The van der Waals surface area contributed by atoms with E-state index >= 15 is 0 Å². The van der Waals surface area contributed by atoms with Crippen molar-refractivity contribution in [3.8, 4) is 11.5 Å². The Hall–Kier alpha value is -4.66. The Morgan fingerprint density at radius 2 is 1.58 bits per heavy atom. The van der Waals surface area contributed by atoms with Crippen LogP contribution in [0.1, 0.15) is 32.7 Å². The molecule has 1 heterocycles. The van der Waals surface area contributed by atoms with Crippen molar-refractivity contribution in [2.75, 3.05) is 19.1 Å². The van der Waals surface area contributed by atoms with Crippen LogP contribution in [-0.4, -0.2) is 48.9 Å². The fraction of sp³-hybridized carbons (Fsp3) is 0.185. The van der Waals surface area contributed by atoms with Crippen LogP contribution in [0, 0.1) is 6.92 Å². The SMILES string of the molecule is COc1ccccc1C(=O)NN(C(=O)c1ccccc1)C1CC(=O)N(c2cc(C)ccc2OC)C1=O. The molecule has 36 heavy (non-hydrogen) atoms. The van der Waals surface area contributed by atoms with Crippen LogP contribution in [0.25, 0.3) is 0 Å². The van der Waals surface area contributed by atoms with Gasteiger partial charge in [0.25, 0.3) is 17.7 Å². The van der Waals surface area contributed by atoms with Gasteiger partial charge in [-0.25, -0.2) is 9.91 Å². The second-order valence-electron chi connectivity index (χ2n) is 8.15. The van der Waals surface area contributed by atoms with E-state index in [2.05, 4.69) is 5.43 Å². The number of hydrogen-bond acceptors (Lipinski definition) is 6. The Morgan fingerprint density at radius 1 is 0.917 bits per heavy atom. The number of nitrogens with zero attached hydrogens (tertiary/aromatic N) is 2. The average Bonchev–Trinajstić information content (AvgIpc) is 3.20. The Kier molecular flexibility index (Phi) is 7.00. The minimum atomic E-state index is -1.27. The lowest BCUT2D eigenvalue weighted by atomic mass is 10.1. The van der Waals surface area contributed by atoms with Crippen LogP contribution in [0.15, 0.2) is 72.8 Å². The molecule has 3 aromatic carbocycles. The molecule has 0 spiro atoms. The smallest absolute Gasteiger partial charge is 0.273 e. The van der Waals surface area contributed by atoms with Crippen molar-refractivity contribution in [2.45, 2.75) is 19.4 Å². The number of nitrogens with one attached hydrogen (secondary N) is 1. The number of ether oxygens (including phenoxy) is 2. The molecule has 1 atom stereocenters. The second-order valence-corrected chi connectivity index (χ2v) is 8.15. The van der Waals surface area contributed by atoms with Gasteiger partial charge in [-0.2, -0.15) is 0 Å². The topological polar surface area (TPSA) is 105 Å². The Morgan fingerprint density at radius 3 is 2.28 bits per heavy atom. The zero-order valence-electron chi connectivity index (χ0n) is 20.1. The summed E-state index contributed by atoms with van der Waals surface area (Å²) in [7, 11) is 2.86. The predicted octanol–water partition coefficient (Wildman–Crippen LogP) is 3.13. The maximum Gasteiger partial charge on any atom is 0.273 e. The molecule has 0 bridgehead atoms. The van der Waals surface area contributed by atoms with Gasteiger partial charge < -0.3 is 9.47 Å². The Bertz CT molecular complexity index is 1320. The molecule has 0 saturated carbocycles. The zero-order chi connectivity index (χ0) is 25.8. The van der Waals surface area contributed by atoms with E-state index in [9.17, 15) is 19.2 Å². The Labute approximate surface area is 208 Å². The Balaban J connectivity index is 1.72. The summed E-state index contributed by atoms with van der Waals surface area (Å²) in [4.78, 5) is 54.4. The van der Waals surface area contributed by atoms with Gasteiger partial charge in [-0.3, -0.25) is 24.6 Å². The van der Waals surface area contributed by atoms with Gasteiger partial charge in [-0.15, -0.1) is 0 Å². The van der Waals surface area contributed by atoms with Crippen LogP contribution in [0.4, 0.5) is 5.69 Å². The number of aryl methyl sites for hydroxylation is 1. The largest absolute Gasteiger partial charge is 0.496 e. The first-order chi connectivity index (χ1) is 17.3. The van der Waals surface area contributed by atoms with Crippen LogP contribution < -0.4 is 19.8 Å². The lowest BCUT2D eigenvalue weighted by Gasteiger charge is -2.28. The minimum Gasteiger partial charge on any atom is -0.496 e. The normalized spacial score (nSPS) is 15.0. The zero-order valence-corrected chi connectivity index (χ0v) is 20.1. The number of imide groups is 1. The van der Waals surface area contributed by atoms with Gasteiger partial charge in [0.2, 0.25) is 5.91 Å². The van der Waals surface area contributed by atoms with E-state index in [1.54, 1.807) is 66.7 Å². The number of carbonyl (C=O) groups is 4. The number of carbonyl (C=O) groups excluding carboxylic acids is 4. The lowest BCUT2D eigenvalue weighted by Crippen LogP contribution is -2.54. The van der Waals surface area contributed by atoms with Crippen molar-refractivity contribution in [1.82, 2.24) is 10.4 Å². The molecule has 1 saturated heterocycles. The summed E-state index contributed by atoms with van der Waals surface area (Å²) in [5.41, 5.74) is 4.04. The molecule has 1 unspecified atom stereocenters. The highest BCUT2D eigenvalue weighted by Gasteiger charge is 2.46. The maximum absolute atomic E-state index is 13.6. The average molecular weight is 488 g/mol. The van der Waals surface area contributed by atoms with E-state index < -0.39 is 29.7 Å². The fourth-order valence-corrected chi connectivity index (χ4v) is 4.04. The molecule has 184 valence electrons. The molecule has 3 aromatic rings. The van der Waals surface area contributed by atoms with Crippen LogP contribution in [0.5, 0.6) is 11.5 Å². The standard InChI is InChI=1S/C27H25N3O6/c1-17-13-14-23(36-3)20(15-17)29-24(31)16-21(27(29)34)30(26(33)18-9-5-4-6-10-18)28-25(32)19-11-7-8-12-22(19)35-2/h4-15,21H,16H2,1-3H3,(H,28,32). The summed E-state index contributed by atoms with van der Waals surface area (Å²) in [5.74, 6) is -1.85. The van der Waals surface area contributed by atoms with E-state index in [0.717, 1.165) is 15.5 Å². The molecule has 1 fully saturated rings. The van der Waals surface area contributed by atoms with Crippen molar-refractivity contribution in [3.05, 3.63) is 89.5 Å². The van der Waals surface area contributed by atoms with Crippen LogP contribution in [-0.2, 0) is 9.59 Å². The van der Waals surface area contributed by atoms with Crippen molar-refractivity contribution >= 4 is 29.3 Å². The number of hydrogen-bond donors (Lipinski definition) is 1. The van der Waals surface area contributed by atoms with E-state index in [4.69, 9.17) is 9.47 Å². The monoisotopic (exact) mass is 487 g/mol. The minimum absolute atomic E-state index is 0.167. The second kappa shape index (κ2) is 10.3. The highest BCUT2D eigenvalue weighted by Crippen LogP contribution is 2.34.